The van der Waals surface area contributed by atoms with Crippen LogP contribution in [0.25, 0.3) is 27.7 Å². The van der Waals surface area contributed by atoms with E-state index in [1.54, 1.807) is 12.1 Å². The second-order valence-electron chi connectivity index (χ2n) is 8.68. The fourth-order valence-electron chi connectivity index (χ4n) is 4.90. The molecule has 0 radical (unpaired) electrons. The predicted molar refractivity (Wildman–Crippen MR) is 130 cm³/mol. The van der Waals surface area contributed by atoms with Crippen LogP contribution >= 0.6 is 0 Å². The van der Waals surface area contributed by atoms with Crippen molar-refractivity contribution in [3.8, 4) is 16.8 Å². The third kappa shape index (κ3) is 3.63. The number of aromatic carboxylic acids is 1. The van der Waals surface area contributed by atoms with Crippen LogP contribution in [-0.2, 0) is 6.54 Å². The van der Waals surface area contributed by atoms with Gasteiger partial charge in [0.05, 0.1) is 17.6 Å². The zero-order valence-corrected chi connectivity index (χ0v) is 18.7. The zero-order valence-electron chi connectivity index (χ0n) is 18.7. The number of carboxylic acid groups (broad SMARTS) is 1. The molecule has 0 saturated carbocycles. The van der Waals surface area contributed by atoms with E-state index in [4.69, 9.17) is 0 Å². The van der Waals surface area contributed by atoms with E-state index in [1.165, 1.54) is 17.7 Å². The molecule has 1 unspecified atom stereocenters. The minimum absolute atomic E-state index is 0.241. The number of aromatic nitrogens is 1. The first-order valence-electron chi connectivity index (χ1n) is 11.3. The minimum atomic E-state index is -0.940. The van der Waals surface area contributed by atoms with E-state index in [1.807, 2.05) is 30.5 Å². The Morgan fingerprint density at radius 2 is 1.85 bits per heavy atom. The van der Waals surface area contributed by atoms with Crippen molar-refractivity contribution in [1.29, 1.82) is 0 Å². The molecule has 0 spiro atoms. The lowest BCUT2D eigenvalue weighted by molar-refractivity contribution is 0.0697. The average molecular weight is 441 g/mol. The number of rotatable bonds is 6. The molecule has 0 bridgehead atoms. The molecule has 1 N–H and O–H groups in total. The van der Waals surface area contributed by atoms with E-state index < -0.39 is 5.97 Å². The number of hydrogen-bond acceptors (Lipinski definition) is 2. The molecule has 1 aromatic heterocycles. The van der Waals surface area contributed by atoms with E-state index >= 15 is 0 Å². The number of halogens is 1. The number of carboxylic acids is 1. The summed E-state index contributed by atoms with van der Waals surface area (Å²) in [6.07, 6.45) is 3.94. The van der Waals surface area contributed by atoms with Crippen LogP contribution in [0.4, 0.5) is 4.39 Å². The van der Waals surface area contributed by atoms with Gasteiger partial charge in [0, 0.05) is 28.5 Å². The highest BCUT2D eigenvalue weighted by Crippen LogP contribution is 2.43. The van der Waals surface area contributed by atoms with E-state index in [0.29, 0.717) is 6.54 Å². The van der Waals surface area contributed by atoms with Crippen molar-refractivity contribution in [2.45, 2.75) is 39.2 Å². The summed E-state index contributed by atoms with van der Waals surface area (Å²) >= 11 is 0. The van der Waals surface area contributed by atoms with Crippen LogP contribution in [0.3, 0.4) is 0 Å². The van der Waals surface area contributed by atoms with Crippen LogP contribution < -0.4 is 0 Å². The van der Waals surface area contributed by atoms with E-state index in [2.05, 4.69) is 35.5 Å². The second-order valence-corrected chi connectivity index (χ2v) is 8.68. The Hall–Kier alpha value is -3.73. The number of aliphatic imine (C=N–C) groups is 1. The van der Waals surface area contributed by atoms with Crippen molar-refractivity contribution in [1.82, 2.24) is 4.57 Å². The van der Waals surface area contributed by atoms with Gasteiger partial charge >= 0.3 is 5.97 Å². The first kappa shape index (κ1) is 21.1. The van der Waals surface area contributed by atoms with Crippen LogP contribution in [-0.4, -0.2) is 21.9 Å². The molecule has 1 aliphatic rings. The normalized spacial score (nSPS) is 13.4. The Balaban J connectivity index is 1.87. The zero-order chi connectivity index (χ0) is 23.1. The van der Waals surface area contributed by atoms with Crippen LogP contribution in [0.5, 0.6) is 0 Å². The van der Waals surface area contributed by atoms with Gasteiger partial charge in [0.25, 0.3) is 0 Å². The van der Waals surface area contributed by atoms with Gasteiger partial charge in [0.15, 0.2) is 0 Å². The van der Waals surface area contributed by atoms with Crippen LogP contribution in [0, 0.1) is 5.82 Å². The van der Waals surface area contributed by atoms with Gasteiger partial charge in [-0.1, -0.05) is 32.4 Å². The molecular formula is C28H25FN2O2. The highest BCUT2D eigenvalue weighted by Gasteiger charge is 2.25. The van der Waals surface area contributed by atoms with Gasteiger partial charge < -0.3 is 9.67 Å². The average Bonchev–Trinajstić information content (AvgIpc) is 3.40. The molecule has 5 heteroatoms. The van der Waals surface area contributed by atoms with Gasteiger partial charge in [-0.2, -0.15) is 0 Å². The molecule has 0 aliphatic carbocycles. The lowest BCUT2D eigenvalue weighted by Crippen LogP contribution is -2.06. The maximum Gasteiger partial charge on any atom is 0.335 e. The Morgan fingerprint density at radius 3 is 2.52 bits per heavy atom. The first-order chi connectivity index (χ1) is 16.0. The maximum atomic E-state index is 13.8. The topological polar surface area (TPSA) is 54.6 Å². The summed E-state index contributed by atoms with van der Waals surface area (Å²) in [5.41, 5.74) is 7.72. The van der Waals surface area contributed by atoms with Gasteiger partial charge in [-0.25, -0.2) is 9.18 Å². The van der Waals surface area contributed by atoms with Gasteiger partial charge in [-0.3, -0.25) is 4.99 Å². The monoisotopic (exact) mass is 440 g/mol. The Bertz CT molecular complexity index is 1380. The van der Waals surface area contributed by atoms with Crippen molar-refractivity contribution in [3.63, 3.8) is 0 Å². The standard InChI is InChI=1S/C28H25FN2O2/c1-3-4-17(2)27-26(18-5-7-19(8-6-18)28(32)33)24-13-20-15-30-16-21(20)14-25(24)31(27)23-11-9-22(29)10-12-23/h5-14,16-17H,3-4,15H2,1-2H3,(H,32,33). The lowest BCUT2D eigenvalue weighted by atomic mass is 9.92. The Labute approximate surface area is 192 Å². The summed E-state index contributed by atoms with van der Waals surface area (Å²) in [6, 6.07) is 18.1. The number of carbonyl (C=O) groups is 1. The molecule has 33 heavy (non-hydrogen) atoms. The third-order valence-corrected chi connectivity index (χ3v) is 6.45. The smallest absolute Gasteiger partial charge is 0.335 e. The number of nitrogens with zero attached hydrogens (tertiary/aromatic N) is 2. The molecule has 3 aromatic carbocycles. The Kier molecular flexibility index (Phi) is 5.33. The van der Waals surface area contributed by atoms with E-state index in [-0.39, 0.29) is 17.3 Å². The molecule has 4 aromatic rings. The largest absolute Gasteiger partial charge is 0.478 e. The highest BCUT2D eigenvalue weighted by molar-refractivity contribution is 6.03. The van der Waals surface area contributed by atoms with E-state index in [9.17, 15) is 14.3 Å². The lowest BCUT2D eigenvalue weighted by Gasteiger charge is -2.18. The molecule has 0 saturated heterocycles. The van der Waals surface area contributed by atoms with Gasteiger partial charge in [0.2, 0.25) is 0 Å². The summed E-state index contributed by atoms with van der Waals surface area (Å²) in [6.45, 7) is 5.06. The van der Waals surface area contributed by atoms with E-state index in [0.717, 1.165) is 51.8 Å². The quantitative estimate of drug-likeness (QED) is 0.352. The number of benzene rings is 3. The van der Waals surface area contributed by atoms with Crippen LogP contribution in [0.2, 0.25) is 0 Å². The molecule has 1 aliphatic heterocycles. The van der Waals surface area contributed by atoms with Crippen LogP contribution in [0.1, 0.15) is 59.8 Å². The summed E-state index contributed by atoms with van der Waals surface area (Å²) in [5, 5.41) is 10.5. The molecular weight excluding hydrogens is 415 g/mol. The SMILES string of the molecule is CCCC(C)c1c(-c2ccc(C(=O)O)cc2)c2cc3c(cc2n1-c1ccc(F)cc1)C=NC3. The molecule has 0 fully saturated rings. The number of fused-ring (bicyclic) bond motifs is 2. The minimum Gasteiger partial charge on any atom is -0.478 e. The molecule has 5 rings (SSSR count). The third-order valence-electron chi connectivity index (χ3n) is 6.45. The maximum absolute atomic E-state index is 13.8. The molecule has 0 amide bonds. The van der Waals surface area contributed by atoms with Crippen molar-refractivity contribution < 1.29 is 14.3 Å². The summed E-state index contributed by atoms with van der Waals surface area (Å²) < 4.78 is 16.0. The molecule has 1 atom stereocenters. The molecule has 2 heterocycles. The summed E-state index contributed by atoms with van der Waals surface area (Å²) in [4.78, 5) is 15.9. The molecule has 166 valence electrons. The first-order valence-corrected chi connectivity index (χ1v) is 11.3. The fraction of sp³-hybridized carbons (Fsp3) is 0.214. The van der Waals surface area contributed by atoms with Crippen molar-refractivity contribution in [2.24, 2.45) is 4.99 Å². The predicted octanol–water partition coefficient (Wildman–Crippen LogP) is 6.97. The fourth-order valence-corrected chi connectivity index (χ4v) is 4.90. The van der Waals surface area contributed by atoms with Gasteiger partial charge in [-0.05, 0) is 77.6 Å². The molecule has 4 nitrogen and oxygen atoms in total. The van der Waals surface area contributed by atoms with Crippen molar-refractivity contribution in [2.75, 3.05) is 0 Å². The number of hydrogen-bond donors (Lipinski definition) is 1. The summed E-state index contributed by atoms with van der Waals surface area (Å²) in [7, 11) is 0. The second kappa shape index (κ2) is 8.32. The highest BCUT2D eigenvalue weighted by atomic mass is 19.1. The van der Waals surface area contributed by atoms with Gasteiger partial charge in [-0.15, -0.1) is 0 Å². The van der Waals surface area contributed by atoms with Gasteiger partial charge in [0.1, 0.15) is 5.82 Å². The summed E-state index contributed by atoms with van der Waals surface area (Å²) in [5.74, 6) is -0.967. The van der Waals surface area contributed by atoms with Crippen LogP contribution in [0.15, 0.2) is 65.7 Å². The Morgan fingerprint density at radius 1 is 1.12 bits per heavy atom. The van der Waals surface area contributed by atoms with Crippen molar-refractivity contribution in [3.05, 3.63) is 88.9 Å². The van der Waals surface area contributed by atoms with Crippen molar-refractivity contribution >= 4 is 23.1 Å².